The van der Waals surface area contributed by atoms with E-state index in [1.54, 1.807) is 6.92 Å². The lowest BCUT2D eigenvalue weighted by molar-refractivity contribution is 0.213. The minimum Gasteiger partial charge on any atom is -0.411 e. The van der Waals surface area contributed by atoms with E-state index in [0.717, 1.165) is 0 Å². The Morgan fingerprint density at radius 3 is 2.38 bits per heavy atom. The Hall–Kier alpha value is -0.710. The van der Waals surface area contributed by atoms with Gasteiger partial charge in [0.15, 0.2) is 0 Å². The van der Waals surface area contributed by atoms with Crippen molar-refractivity contribution in [3.63, 3.8) is 0 Å². The van der Waals surface area contributed by atoms with Crippen LogP contribution in [0.2, 0.25) is 0 Å². The molecule has 0 amide bonds. The zero-order valence-corrected chi connectivity index (χ0v) is 9.30. The molecule has 0 saturated carbocycles. The predicted molar refractivity (Wildman–Crippen MR) is 57.0 cm³/mol. The lowest BCUT2D eigenvalue weighted by atomic mass is 9.87. The summed E-state index contributed by atoms with van der Waals surface area (Å²) in [5.74, 6) is 0.572. The lowest BCUT2D eigenvalue weighted by Crippen LogP contribution is -2.32. The zero-order valence-electron chi connectivity index (χ0n) is 8.40. The fourth-order valence-electron chi connectivity index (χ4n) is 0.952. The number of hydrogen-bond donors (Lipinski definition) is 2. The van der Waals surface area contributed by atoms with Crippen molar-refractivity contribution in [1.29, 1.82) is 0 Å². The summed E-state index contributed by atoms with van der Waals surface area (Å²) in [5, 5.41) is 15.7. The fraction of sp³-hybridized carbons (Fsp3) is 0.750. The second kappa shape index (κ2) is 5.11. The van der Waals surface area contributed by atoms with E-state index in [2.05, 4.69) is 27.8 Å². The van der Waals surface area contributed by atoms with Gasteiger partial charge < -0.3 is 10.0 Å². The van der Waals surface area contributed by atoms with Crippen LogP contribution in [-0.2, 0) is 4.84 Å². The number of nitrogens with zero attached hydrogens (tertiary/aromatic N) is 2. The molecule has 0 aromatic rings. The molecule has 5 heteroatoms. The molecule has 0 aromatic carbocycles. The third kappa shape index (κ3) is 3.26. The van der Waals surface area contributed by atoms with Crippen molar-refractivity contribution < 1.29 is 10.0 Å². The first-order valence-corrected chi connectivity index (χ1v) is 4.54. The van der Waals surface area contributed by atoms with Gasteiger partial charge in [0.25, 0.3) is 0 Å². The van der Waals surface area contributed by atoms with Gasteiger partial charge in [0.1, 0.15) is 18.5 Å². The van der Waals surface area contributed by atoms with Crippen molar-refractivity contribution in [3.05, 3.63) is 0 Å². The van der Waals surface area contributed by atoms with Crippen LogP contribution in [0.3, 0.4) is 0 Å². The first-order chi connectivity index (χ1) is 5.99. The van der Waals surface area contributed by atoms with E-state index in [4.69, 9.17) is 5.21 Å². The van der Waals surface area contributed by atoms with Crippen LogP contribution in [-0.4, -0.2) is 29.5 Å². The van der Waals surface area contributed by atoms with Crippen molar-refractivity contribution in [2.45, 2.75) is 20.8 Å². The fourth-order valence-corrected chi connectivity index (χ4v) is 1.10. The topological polar surface area (TPSA) is 54.2 Å². The highest BCUT2D eigenvalue weighted by atomic mass is 32.1. The molecule has 0 aliphatic carbocycles. The van der Waals surface area contributed by atoms with Gasteiger partial charge in [-0.15, -0.1) is 0 Å². The van der Waals surface area contributed by atoms with Gasteiger partial charge in [-0.25, -0.2) is 0 Å². The summed E-state index contributed by atoms with van der Waals surface area (Å²) >= 11 is 4.17. The average Bonchev–Trinajstić information content (AvgIpc) is 2.05. The largest absolute Gasteiger partial charge is 0.411 e. The van der Waals surface area contributed by atoms with Crippen LogP contribution < -0.4 is 0 Å². The van der Waals surface area contributed by atoms with Crippen molar-refractivity contribution in [2.75, 3.05) is 12.9 Å². The van der Waals surface area contributed by atoms with Crippen LogP contribution in [0.1, 0.15) is 20.8 Å². The van der Waals surface area contributed by atoms with Gasteiger partial charge >= 0.3 is 0 Å². The molecule has 0 atom stereocenters. The molecule has 0 unspecified atom stereocenters. The van der Waals surface area contributed by atoms with E-state index in [1.165, 1.54) is 7.11 Å². The summed E-state index contributed by atoms with van der Waals surface area (Å²) in [6.07, 6.45) is 0. The molecule has 0 aliphatic rings. The Balaban J connectivity index is 4.83. The maximum atomic E-state index is 8.81. The molecule has 0 aromatic heterocycles. The SMILES string of the molecule is CON=C(C)C(=NO)C(C)(C)CS. The average molecular weight is 204 g/mol. The van der Waals surface area contributed by atoms with Gasteiger partial charge in [0, 0.05) is 11.2 Å². The molecule has 0 spiro atoms. The minimum atomic E-state index is -0.316. The van der Waals surface area contributed by atoms with Gasteiger partial charge in [-0.2, -0.15) is 12.6 Å². The molecule has 1 N–H and O–H groups in total. The van der Waals surface area contributed by atoms with Crippen LogP contribution in [0.15, 0.2) is 10.3 Å². The zero-order chi connectivity index (χ0) is 10.5. The van der Waals surface area contributed by atoms with Crippen molar-refractivity contribution in [2.24, 2.45) is 15.7 Å². The number of rotatable bonds is 4. The van der Waals surface area contributed by atoms with E-state index in [-0.39, 0.29) is 5.41 Å². The molecule has 0 rings (SSSR count). The minimum absolute atomic E-state index is 0.316. The standard InChI is InChI=1S/C8H16N2O2S/c1-6(10-12-4)7(9-11)8(2,3)5-13/h11,13H,5H2,1-4H3. The second-order valence-corrected chi connectivity index (χ2v) is 3.67. The Morgan fingerprint density at radius 1 is 1.54 bits per heavy atom. The summed E-state index contributed by atoms with van der Waals surface area (Å²) in [5.41, 5.74) is 0.734. The van der Waals surface area contributed by atoms with Crippen LogP contribution >= 0.6 is 12.6 Å². The summed E-state index contributed by atoms with van der Waals surface area (Å²) < 4.78 is 0. The molecular weight excluding hydrogens is 188 g/mol. The van der Waals surface area contributed by atoms with Gasteiger partial charge in [0.05, 0.1) is 0 Å². The molecule has 0 fully saturated rings. The first kappa shape index (κ1) is 12.3. The van der Waals surface area contributed by atoms with Crippen molar-refractivity contribution in [1.82, 2.24) is 0 Å². The molecule has 13 heavy (non-hydrogen) atoms. The van der Waals surface area contributed by atoms with Gasteiger partial charge in [-0.05, 0) is 6.92 Å². The molecule has 0 radical (unpaired) electrons. The highest BCUT2D eigenvalue weighted by molar-refractivity contribution is 7.80. The smallest absolute Gasteiger partial charge is 0.110 e. The lowest BCUT2D eigenvalue weighted by Gasteiger charge is -2.22. The Labute approximate surface area is 84.1 Å². The number of hydrogen-bond acceptors (Lipinski definition) is 5. The normalized spacial score (nSPS) is 14.5. The van der Waals surface area contributed by atoms with Crippen LogP contribution in [0.4, 0.5) is 0 Å². The van der Waals surface area contributed by atoms with Crippen LogP contribution in [0, 0.1) is 5.41 Å². The maximum Gasteiger partial charge on any atom is 0.110 e. The molecule has 4 nitrogen and oxygen atoms in total. The highest BCUT2D eigenvalue weighted by Gasteiger charge is 2.26. The van der Waals surface area contributed by atoms with Crippen molar-refractivity contribution >= 4 is 24.1 Å². The van der Waals surface area contributed by atoms with E-state index < -0.39 is 0 Å². The van der Waals surface area contributed by atoms with E-state index in [1.807, 2.05) is 13.8 Å². The molecule has 76 valence electrons. The third-order valence-electron chi connectivity index (χ3n) is 1.71. The molecule has 0 heterocycles. The Morgan fingerprint density at radius 2 is 2.08 bits per heavy atom. The van der Waals surface area contributed by atoms with Gasteiger partial charge in [-0.1, -0.05) is 24.2 Å². The summed E-state index contributed by atoms with van der Waals surface area (Å²) in [4.78, 5) is 4.60. The first-order valence-electron chi connectivity index (χ1n) is 3.91. The van der Waals surface area contributed by atoms with Gasteiger partial charge in [-0.3, -0.25) is 0 Å². The second-order valence-electron chi connectivity index (χ2n) is 3.35. The summed E-state index contributed by atoms with van der Waals surface area (Å²) in [7, 11) is 1.45. The van der Waals surface area contributed by atoms with E-state index in [9.17, 15) is 0 Å². The molecule has 0 bridgehead atoms. The van der Waals surface area contributed by atoms with E-state index >= 15 is 0 Å². The third-order valence-corrected chi connectivity index (χ3v) is 2.50. The Bertz CT molecular complexity index is 224. The van der Waals surface area contributed by atoms with Gasteiger partial charge in [0.2, 0.25) is 0 Å². The maximum absolute atomic E-state index is 8.81. The number of oxime groups is 2. The van der Waals surface area contributed by atoms with E-state index in [0.29, 0.717) is 17.2 Å². The monoisotopic (exact) mass is 204 g/mol. The predicted octanol–water partition coefficient (Wildman–Crippen LogP) is 1.79. The quantitative estimate of drug-likeness (QED) is 0.317. The molecule has 0 saturated heterocycles. The van der Waals surface area contributed by atoms with Crippen molar-refractivity contribution in [3.8, 4) is 0 Å². The molecular formula is C8H16N2O2S. The molecule has 0 aliphatic heterocycles. The number of thiol groups is 1. The summed E-state index contributed by atoms with van der Waals surface area (Å²) in [6.45, 7) is 5.57. The Kier molecular flexibility index (Phi) is 4.83. The summed E-state index contributed by atoms with van der Waals surface area (Å²) in [6, 6.07) is 0. The van der Waals surface area contributed by atoms with Crippen LogP contribution in [0.25, 0.3) is 0 Å². The van der Waals surface area contributed by atoms with Crippen LogP contribution in [0.5, 0.6) is 0 Å². The highest BCUT2D eigenvalue weighted by Crippen LogP contribution is 2.20.